The molecule has 4 heteroatoms. The molecule has 1 aromatic rings. The van der Waals surface area contributed by atoms with Gasteiger partial charge in [0.15, 0.2) is 0 Å². The molecule has 3 rings (SSSR count). The number of halogens is 1. The molecule has 1 aliphatic carbocycles. The molecule has 17 heavy (non-hydrogen) atoms. The van der Waals surface area contributed by atoms with Gasteiger partial charge in [-0.15, -0.1) is 0 Å². The Bertz CT molecular complexity index is 465. The lowest BCUT2D eigenvalue weighted by Gasteiger charge is -2.23. The molecule has 1 spiro atoms. The number of aromatic nitrogens is 1. The van der Waals surface area contributed by atoms with E-state index in [9.17, 15) is 0 Å². The van der Waals surface area contributed by atoms with Crippen LogP contribution in [0.15, 0.2) is 10.7 Å². The van der Waals surface area contributed by atoms with Gasteiger partial charge in [0, 0.05) is 6.42 Å². The maximum absolute atomic E-state index is 6.05. The predicted octanol–water partition coefficient (Wildman–Crippen LogP) is 3.08. The number of ether oxygens (including phenoxy) is 2. The molecule has 0 bridgehead atoms. The lowest BCUT2D eigenvalue weighted by molar-refractivity contribution is -0.182. The van der Waals surface area contributed by atoms with Crippen LogP contribution in [-0.2, 0) is 21.7 Å². The van der Waals surface area contributed by atoms with Gasteiger partial charge in [0.1, 0.15) is 10.3 Å². The summed E-state index contributed by atoms with van der Waals surface area (Å²) in [5.74, 6) is -0.595. The van der Waals surface area contributed by atoms with E-state index < -0.39 is 5.79 Å². The second-order valence-electron chi connectivity index (χ2n) is 4.99. The van der Waals surface area contributed by atoms with Gasteiger partial charge in [-0.05, 0) is 60.3 Å². The van der Waals surface area contributed by atoms with Crippen molar-refractivity contribution in [3.05, 3.63) is 27.5 Å². The molecule has 3 nitrogen and oxygen atoms in total. The van der Waals surface area contributed by atoms with E-state index in [1.807, 2.05) is 0 Å². The number of aryl methyl sites for hydroxylation is 1. The maximum Gasteiger partial charge on any atom is 0.213 e. The largest absolute Gasteiger partial charge is 0.339 e. The van der Waals surface area contributed by atoms with E-state index in [1.165, 1.54) is 11.1 Å². The summed E-state index contributed by atoms with van der Waals surface area (Å²) in [6.07, 6.45) is 2.12. The number of nitrogens with zero attached hydrogens (tertiary/aromatic N) is 1. The summed E-state index contributed by atoms with van der Waals surface area (Å²) in [4.78, 5) is 4.59. The minimum Gasteiger partial charge on any atom is -0.339 e. The molecule has 1 fully saturated rings. The van der Waals surface area contributed by atoms with Crippen molar-refractivity contribution in [3.63, 3.8) is 0 Å². The fraction of sp³-hybridized carbons (Fsp3) is 0.615. The Morgan fingerprint density at radius 2 is 2.00 bits per heavy atom. The normalized spacial score (nSPS) is 29.9. The van der Waals surface area contributed by atoms with Crippen molar-refractivity contribution in [1.82, 2.24) is 4.98 Å². The van der Waals surface area contributed by atoms with Crippen LogP contribution >= 0.6 is 15.9 Å². The van der Waals surface area contributed by atoms with Gasteiger partial charge in [0.2, 0.25) is 5.79 Å². The Hall–Kier alpha value is -0.450. The van der Waals surface area contributed by atoms with Crippen LogP contribution < -0.4 is 0 Å². The minimum atomic E-state index is -0.595. The molecule has 0 unspecified atom stereocenters. The van der Waals surface area contributed by atoms with Crippen molar-refractivity contribution >= 4 is 15.9 Å². The fourth-order valence-electron chi connectivity index (χ4n) is 2.75. The average molecular weight is 298 g/mol. The maximum atomic E-state index is 6.05. The summed E-state index contributed by atoms with van der Waals surface area (Å²) in [5.41, 5.74) is 3.52. The molecule has 0 radical (unpaired) electrons. The molecule has 1 saturated heterocycles. The summed E-state index contributed by atoms with van der Waals surface area (Å²) in [6.45, 7) is 6.23. The molecule has 0 saturated carbocycles. The van der Waals surface area contributed by atoms with Crippen molar-refractivity contribution in [2.75, 3.05) is 0 Å². The topological polar surface area (TPSA) is 31.4 Å². The fourth-order valence-corrected chi connectivity index (χ4v) is 3.27. The summed E-state index contributed by atoms with van der Waals surface area (Å²) >= 11 is 3.45. The molecular weight excluding hydrogens is 282 g/mol. The van der Waals surface area contributed by atoms with E-state index in [1.54, 1.807) is 0 Å². The molecule has 1 aliphatic heterocycles. The molecule has 92 valence electrons. The number of hydrogen-bond acceptors (Lipinski definition) is 3. The van der Waals surface area contributed by atoms with E-state index in [4.69, 9.17) is 9.47 Å². The second kappa shape index (κ2) is 3.77. The number of pyridine rings is 1. The van der Waals surface area contributed by atoms with Crippen LogP contribution in [0.5, 0.6) is 0 Å². The monoisotopic (exact) mass is 297 g/mol. The van der Waals surface area contributed by atoms with E-state index in [0.717, 1.165) is 23.1 Å². The smallest absolute Gasteiger partial charge is 0.213 e. The third kappa shape index (κ3) is 1.65. The lowest BCUT2D eigenvalue weighted by Crippen LogP contribution is -2.26. The van der Waals surface area contributed by atoms with Gasteiger partial charge >= 0.3 is 0 Å². The Balaban J connectivity index is 2.10. The van der Waals surface area contributed by atoms with Crippen LogP contribution in [0.2, 0.25) is 0 Å². The first-order valence-corrected chi connectivity index (χ1v) is 6.83. The van der Waals surface area contributed by atoms with Crippen LogP contribution in [-0.4, -0.2) is 17.2 Å². The van der Waals surface area contributed by atoms with E-state index in [-0.39, 0.29) is 12.2 Å². The zero-order chi connectivity index (χ0) is 12.2. The van der Waals surface area contributed by atoms with Crippen molar-refractivity contribution in [2.24, 2.45) is 0 Å². The standard InChI is InChI=1S/C13H16BrNO2/c1-7-6-11(14)15-12-10(7)4-5-13(12)16-8(2)9(3)17-13/h6,8-9H,4-5H2,1-3H3/t8-,9-/m1/s1. The highest BCUT2D eigenvalue weighted by Gasteiger charge is 2.51. The number of fused-ring (bicyclic) bond motifs is 2. The highest BCUT2D eigenvalue weighted by Crippen LogP contribution is 2.47. The van der Waals surface area contributed by atoms with Crippen molar-refractivity contribution in [2.45, 2.75) is 51.6 Å². The van der Waals surface area contributed by atoms with Crippen LogP contribution in [0.4, 0.5) is 0 Å². The quantitative estimate of drug-likeness (QED) is 0.690. The lowest BCUT2D eigenvalue weighted by atomic mass is 10.1. The Labute approximate surface area is 110 Å². The SMILES string of the molecule is Cc1cc(Br)nc2c1CCC21O[C@H](C)[C@@H](C)O1. The molecule has 1 aromatic heterocycles. The first-order valence-electron chi connectivity index (χ1n) is 6.04. The van der Waals surface area contributed by atoms with Gasteiger partial charge in [-0.2, -0.15) is 0 Å². The second-order valence-corrected chi connectivity index (χ2v) is 5.80. The average Bonchev–Trinajstić information content (AvgIpc) is 2.71. The van der Waals surface area contributed by atoms with Crippen molar-refractivity contribution in [1.29, 1.82) is 0 Å². The third-order valence-electron chi connectivity index (χ3n) is 3.79. The highest BCUT2D eigenvalue weighted by atomic mass is 79.9. The number of rotatable bonds is 0. The highest BCUT2D eigenvalue weighted by molar-refractivity contribution is 9.10. The van der Waals surface area contributed by atoms with E-state index in [2.05, 4.69) is 47.8 Å². The summed E-state index contributed by atoms with van der Waals surface area (Å²) in [6, 6.07) is 2.06. The van der Waals surface area contributed by atoms with Gasteiger partial charge < -0.3 is 9.47 Å². The van der Waals surface area contributed by atoms with Crippen molar-refractivity contribution < 1.29 is 9.47 Å². The van der Waals surface area contributed by atoms with Gasteiger partial charge in [-0.3, -0.25) is 0 Å². The zero-order valence-corrected chi connectivity index (χ0v) is 11.9. The van der Waals surface area contributed by atoms with Crippen LogP contribution in [0, 0.1) is 6.92 Å². The van der Waals surface area contributed by atoms with E-state index in [0.29, 0.717) is 0 Å². The predicted molar refractivity (Wildman–Crippen MR) is 67.8 cm³/mol. The van der Waals surface area contributed by atoms with Gasteiger partial charge in [-0.1, -0.05) is 0 Å². The Morgan fingerprint density at radius 3 is 2.65 bits per heavy atom. The third-order valence-corrected chi connectivity index (χ3v) is 4.20. The summed E-state index contributed by atoms with van der Waals surface area (Å²) < 4.78 is 13.0. The van der Waals surface area contributed by atoms with Crippen molar-refractivity contribution in [3.8, 4) is 0 Å². The van der Waals surface area contributed by atoms with Crippen LogP contribution in [0.1, 0.15) is 37.1 Å². The molecule has 2 heterocycles. The Kier molecular flexibility index (Phi) is 2.58. The van der Waals surface area contributed by atoms with Gasteiger partial charge in [0.05, 0.1) is 12.2 Å². The minimum absolute atomic E-state index is 0.127. The number of hydrogen-bond donors (Lipinski definition) is 0. The summed E-state index contributed by atoms with van der Waals surface area (Å²) in [7, 11) is 0. The molecule has 0 N–H and O–H groups in total. The first kappa shape index (κ1) is 11.6. The summed E-state index contributed by atoms with van der Waals surface area (Å²) in [5, 5.41) is 0. The first-order chi connectivity index (χ1) is 8.02. The van der Waals surface area contributed by atoms with Gasteiger partial charge in [0.25, 0.3) is 0 Å². The van der Waals surface area contributed by atoms with Gasteiger partial charge in [-0.25, -0.2) is 4.98 Å². The zero-order valence-electron chi connectivity index (χ0n) is 10.3. The molecule has 0 aromatic carbocycles. The molecule has 2 atom stereocenters. The molecular formula is C13H16BrNO2. The molecule has 0 amide bonds. The van der Waals surface area contributed by atoms with Crippen LogP contribution in [0.25, 0.3) is 0 Å². The van der Waals surface area contributed by atoms with Crippen LogP contribution in [0.3, 0.4) is 0 Å². The molecule has 2 aliphatic rings. The van der Waals surface area contributed by atoms with E-state index >= 15 is 0 Å². The Morgan fingerprint density at radius 1 is 1.35 bits per heavy atom.